The van der Waals surface area contributed by atoms with Crippen LogP contribution in [0.1, 0.15) is 31.2 Å². The van der Waals surface area contributed by atoms with Gasteiger partial charge in [0, 0.05) is 18.7 Å². The van der Waals surface area contributed by atoms with Gasteiger partial charge in [-0.3, -0.25) is 9.59 Å². The SMILES string of the molecule is COc1cc(C(=O)N2CCc3ccccc3C2)cc(NC(=O)c2cccs2)c1OC. The van der Waals surface area contributed by atoms with Crippen LogP contribution in [-0.4, -0.2) is 37.5 Å². The van der Waals surface area contributed by atoms with Crippen molar-refractivity contribution in [3.05, 3.63) is 75.5 Å². The molecule has 2 heterocycles. The Morgan fingerprint density at radius 3 is 2.53 bits per heavy atom. The minimum Gasteiger partial charge on any atom is -0.493 e. The van der Waals surface area contributed by atoms with Crippen LogP contribution in [0.4, 0.5) is 5.69 Å². The highest BCUT2D eigenvalue weighted by Gasteiger charge is 2.25. The number of benzene rings is 2. The van der Waals surface area contributed by atoms with Crippen molar-refractivity contribution in [1.82, 2.24) is 4.90 Å². The standard InChI is InChI=1S/C23H22N2O4S/c1-28-19-13-17(23(27)25-10-9-15-6-3-4-7-16(15)14-25)12-18(21(19)29-2)24-22(26)20-8-5-11-30-20/h3-8,11-13H,9-10,14H2,1-2H3,(H,24,26). The zero-order valence-electron chi connectivity index (χ0n) is 16.8. The molecule has 1 aliphatic rings. The van der Waals surface area contributed by atoms with Crippen molar-refractivity contribution in [2.24, 2.45) is 0 Å². The topological polar surface area (TPSA) is 67.9 Å². The summed E-state index contributed by atoms with van der Waals surface area (Å²) in [5.74, 6) is 0.393. The van der Waals surface area contributed by atoms with Crippen molar-refractivity contribution in [3.8, 4) is 11.5 Å². The van der Waals surface area contributed by atoms with E-state index in [-0.39, 0.29) is 11.8 Å². The molecule has 1 aromatic heterocycles. The maximum atomic E-state index is 13.3. The number of fused-ring (bicyclic) bond motifs is 1. The summed E-state index contributed by atoms with van der Waals surface area (Å²) < 4.78 is 10.9. The molecule has 2 amide bonds. The molecule has 0 unspecified atom stereocenters. The Bertz CT molecular complexity index is 1080. The van der Waals surface area contributed by atoms with Gasteiger partial charge < -0.3 is 19.7 Å². The summed E-state index contributed by atoms with van der Waals surface area (Å²) in [7, 11) is 3.01. The second-order valence-corrected chi connectivity index (χ2v) is 7.88. The normalized spacial score (nSPS) is 12.8. The number of carbonyl (C=O) groups is 2. The monoisotopic (exact) mass is 422 g/mol. The van der Waals surface area contributed by atoms with E-state index < -0.39 is 0 Å². The number of thiophene rings is 1. The molecule has 7 heteroatoms. The van der Waals surface area contributed by atoms with Crippen LogP contribution < -0.4 is 14.8 Å². The number of hydrogen-bond donors (Lipinski definition) is 1. The van der Waals surface area contributed by atoms with Crippen LogP contribution in [0.2, 0.25) is 0 Å². The molecule has 3 aromatic rings. The maximum absolute atomic E-state index is 13.3. The van der Waals surface area contributed by atoms with Crippen LogP contribution in [0.5, 0.6) is 11.5 Å². The molecule has 1 aliphatic heterocycles. The van der Waals surface area contributed by atoms with E-state index in [1.165, 1.54) is 31.1 Å². The van der Waals surface area contributed by atoms with Gasteiger partial charge in [0.2, 0.25) is 0 Å². The average molecular weight is 423 g/mol. The van der Waals surface area contributed by atoms with E-state index in [2.05, 4.69) is 17.4 Å². The summed E-state index contributed by atoms with van der Waals surface area (Å²) in [6.45, 7) is 1.20. The summed E-state index contributed by atoms with van der Waals surface area (Å²) in [5.41, 5.74) is 3.27. The van der Waals surface area contributed by atoms with Crippen molar-refractivity contribution < 1.29 is 19.1 Å². The number of nitrogens with zero attached hydrogens (tertiary/aromatic N) is 1. The molecule has 0 atom stereocenters. The Labute approximate surface area is 179 Å². The minimum atomic E-state index is -0.262. The fourth-order valence-corrected chi connectivity index (χ4v) is 4.24. The highest BCUT2D eigenvalue weighted by Crippen LogP contribution is 2.37. The molecule has 6 nitrogen and oxygen atoms in total. The van der Waals surface area contributed by atoms with Gasteiger partial charge in [-0.25, -0.2) is 0 Å². The first-order chi connectivity index (χ1) is 14.6. The summed E-state index contributed by atoms with van der Waals surface area (Å²) in [6.07, 6.45) is 0.817. The molecule has 0 radical (unpaired) electrons. The second-order valence-electron chi connectivity index (χ2n) is 6.94. The maximum Gasteiger partial charge on any atom is 0.265 e. The van der Waals surface area contributed by atoms with Crippen LogP contribution in [0.15, 0.2) is 53.9 Å². The molecule has 0 spiro atoms. The number of rotatable bonds is 5. The van der Waals surface area contributed by atoms with Gasteiger partial charge in [0.1, 0.15) is 0 Å². The number of carbonyl (C=O) groups excluding carboxylic acids is 2. The molecule has 0 aliphatic carbocycles. The summed E-state index contributed by atoms with van der Waals surface area (Å²) >= 11 is 1.34. The van der Waals surface area contributed by atoms with E-state index in [1.807, 2.05) is 28.5 Å². The van der Waals surface area contributed by atoms with Crippen LogP contribution in [0.3, 0.4) is 0 Å². The second kappa shape index (κ2) is 8.59. The Morgan fingerprint density at radius 1 is 1.03 bits per heavy atom. The fraction of sp³-hybridized carbons (Fsp3) is 0.217. The van der Waals surface area contributed by atoms with Gasteiger partial charge in [0.15, 0.2) is 11.5 Å². The van der Waals surface area contributed by atoms with Crippen LogP contribution in [0, 0.1) is 0 Å². The molecule has 0 fully saturated rings. The Hall–Kier alpha value is -3.32. The fourth-order valence-electron chi connectivity index (χ4n) is 3.62. The molecule has 154 valence electrons. The lowest BCUT2D eigenvalue weighted by Gasteiger charge is -2.29. The van der Waals surface area contributed by atoms with Gasteiger partial charge in [-0.2, -0.15) is 0 Å². The molecule has 4 rings (SSSR count). The van der Waals surface area contributed by atoms with E-state index in [4.69, 9.17) is 9.47 Å². The first kappa shape index (κ1) is 20.0. The van der Waals surface area contributed by atoms with Gasteiger partial charge in [-0.1, -0.05) is 30.3 Å². The number of amides is 2. The van der Waals surface area contributed by atoms with Crippen molar-refractivity contribution in [2.45, 2.75) is 13.0 Å². The van der Waals surface area contributed by atoms with Crippen molar-refractivity contribution in [2.75, 3.05) is 26.1 Å². The van der Waals surface area contributed by atoms with Gasteiger partial charge in [-0.05, 0) is 41.1 Å². The molecule has 2 aromatic carbocycles. The molecule has 0 saturated carbocycles. The molecule has 0 bridgehead atoms. The van der Waals surface area contributed by atoms with Gasteiger partial charge in [0.25, 0.3) is 11.8 Å². The lowest BCUT2D eigenvalue weighted by Crippen LogP contribution is -2.36. The van der Waals surface area contributed by atoms with Crippen molar-refractivity contribution in [3.63, 3.8) is 0 Å². The van der Waals surface area contributed by atoms with E-state index in [1.54, 1.807) is 18.2 Å². The lowest BCUT2D eigenvalue weighted by atomic mass is 9.99. The van der Waals surface area contributed by atoms with Crippen LogP contribution >= 0.6 is 11.3 Å². The minimum absolute atomic E-state index is 0.114. The zero-order chi connectivity index (χ0) is 21.1. The largest absolute Gasteiger partial charge is 0.493 e. The van der Waals surface area contributed by atoms with E-state index in [0.29, 0.717) is 40.7 Å². The quantitative estimate of drug-likeness (QED) is 0.669. The third-order valence-corrected chi connectivity index (χ3v) is 6.01. The molecular weight excluding hydrogens is 400 g/mol. The molecule has 30 heavy (non-hydrogen) atoms. The molecule has 1 N–H and O–H groups in total. The summed E-state index contributed by atoms with van der Waals surface area (Å²) in [4.78, 5) is 28.2. The summed E-state index contributed by atoms with van der Waals surface area (Å²) in [5, 5.41) is 4.68. The Morgan fingerprint density at radius 2 is 1.83 bits per heavy atom. The third kappa shape index (κ3) is 3.89. The first-order valence-corrected chi connectivity index (χ1v) is 10.5. The zero-order valence-corrected chi connectivity index (χ0v) is 17.6. The predicted molar refractivity (Wildman–Crippen MR) is 117 cm³/mol. The number of methoxy groups -OCH3 is 2. The number of anilines is 1. The van der Waals surface area contributed by atoms with Gasteiger partial charge in [-0.15, -0.1) is 11.3 Å². The number of ether oxygens (including phenoxy) is 2. The Balaban J connectivity index is 1.64. The molecule has 0 saturated heterocycles. The van der Waals surface area contributed by atoms with E-state index in [9.17, 15) is 9.59 Å². The smallest absolute Gasteiger partial charge is 0.265 e. The van der Waals surface area contributed by atoms with Crippen molar-refractivity contribution >= 4 is 28.8 Å². The average Bonchev–Trinajstić information content (AvgIpc) is 3.33. The van der Waals surface area contributed by atoms with Gasteiger partial charge in [0.05, 0.1) is 24.8 Å². The highest BCUT2D eigenvalue weighted by atomic mass is 32.1. The molecular formula is C23H22N2O4S. The van der Waals surface area contributed by atoms with E-state index >= 15 is 0 Å². The van der Waals surface area contributed by atoms with Crippen LogP contribution in [0.25, 0.3) is 0 Å². The lowest BCUT2D eigenvalue weighted by molar-refractivity contribution is 0.0734. The van der Waals surface area contributed by atoms with E-state index in [0.717, 1.165) is 12.0 Å². The number of nitrogens with one attached hydrogen (secondary N) is 1. The third-order valence-electron chi connectivity index (χ3n) is 5.14. The highest BCUT2D eigenvalue weighted by molar-refractivity contribution is 7.12. The summed E-state index contributed by atoms with van der Waals surface area (Å²) in [6, 6.07) is 15.0. The van der Waals surface area contributed by atoms with Crippen LogP contribution in [-0.2, 0) is 13.0 Å². The van der Waals surface area contributed by atoms with Crippen molar-refractivity contribution in [1.29, 1.82) is 0 Å². The first-order valence-electron chi connectivity index (χ1n) is 9.57. The predicted octanol–water partition coefficient (Wildman–Crippen LogP) is 4.22. The van der Waals surface area contributed by atoms with Gasteiger partial charge >= 0.3 is 0 Å². The Kier molecular flexibility index (Phi) is 5.72. The number of hydrogen-bond acceptors (Lipinski definition) is 5.